The lowest BCUT2D eigenvalue weighted by atomic mass is 9.98. The number of carbonyl (C=O) groups excluding carboxylic acids is 2. The van der Waals surface area contributed by atoms with Gasteiger partial charge in [-0.05, 0) is 65.2 Å². The molecule has 2 aromatic rings. The number of rotatable bonds is 10. The zero-order valence-corrected chi connectivity index (χ0v) is 19.9. The van der Waals surface area contributed by atoms with Crippen LogP contribution >= 0.6 is 0 Å². The van der Waals surface area contributed by atoms with Crippen LogP contribution in [0.2, 0.25) is 0 Å². The first kappa shape index (κ1) is 23.4. The smallest absolute Gasteiger partial charge is 0.407 e. The molecule has 0 bridgehead atoms. The van der Waals surface area contributed by atoms with Crippen LogP contribution in [0.5, 0.6) is 0 Å². The number of ether oxygens (including phenoxy) is 1. The van der Waals surface area contributed by atoms with Crippen LogP contribution in [0.15, 0.2) is 48.5 Å². The maximum Gasteiger partial charge on any atom is 0.407 e. The molecule has 7 heteroatoms. The van der Waals surface area contributed by atoms with Gasteiger partial charge < -0.3 is 20.5 Å². The molecule has 2 saturated carbocycles. The van der Waals surface area contributed by atoms with Crippen LogP contribution in [0, 0.1) is 23.7 Å². The van der Waals surface area contributed by atoms with E-state index in [9.17, 15) is 14.4 Å². The monoisotopic (exact) mass is 476 g/mol. The van der Waals surface area contributed by atoms with Crippen LogP contribution in [0.25, 0.3) is 11.1 Å². The van der Waals surface area contributed by atoms with Crippen LogP contribution in [0.3, 0.4) is 0 Å². The number of amides is 2. The lowest BCUT2D eigenvalue weighted by Crippen LogP contribution is -2.47. The van der Waals surface area contributed by atoms with Crippen molar-refractivity contribution < 1.29 is 24.2 Å². The Balaban J connectivity index is 1.17. The molecule has 0 radical (unpaired) electrons. The molecule has 7 nitrogen and oxygen atoms in total. The maximum absolute atomic E-state index is 12.8. The lowest BCUT2D eigenvalue weighted by Gasteiger charge is -2.19. The molecule has 0 spiro atoms. The van der Waals surface area contributed by atoms with E-state index in [1.54, 1.807) is 0 Å². The van der Waals surface area contributed by atoms with Gasteiger partial charge >= 0.3 is 12.1 Å². The SMILES string of the molecule is CC1CC1C1CC1CNC(=O)C(CCC(=O)O)NC(=O)OCC1c2ccccc2-c2ccccc21. The van der Waals surface area contributed by atoms with Gasteiger partial charge in [-0.1, -0.05) is 55.5 Å². The Labute approximate surface area is 205 Å². The molecule has 5 atom stereocenters. The Morgan fingerprint density at radius 2 is 1.63 bits per heavy atom. The van der Waals surface area contributed by atoms with E-state index in [0.717, 1.165) is 40.5 Å². The van der Waals surface area contributed by atoms with Crippen molar-refractivity contribution in [3.8, 4) is 11.1 Å². The number of carbonyl (C=O) groups is 3. The molecule has 3 aliphatic carbocycles. The van der Waals surface area contributed by atoms with Gasteiger partial charge in [-0.2, -0.15) is 0 Å². The summed E-state index contributed by atoms with van der Waals surface area (Å²) in [7, 11) is 0. The molecule has 0 heterocycles. The normalized spacial score (nSPS) is 24.6. The second-order valence-corrected chi connectivity index (χ2v) is 10.2. The molecule has 3 N–H and O–H groups in total. The summed E-state index contributed by atoms with van der Waals surface area (Å²) >= 11 is 0. The van der Waals surface area contributed by atoms with E-state index in [1.165, 1.54) is 6.42 Å². The van der Waals surface area contributed by atoms with E-state index in [1.807, 2.05) is 36.4 Å². The third-order valence-corrected chi connectivity index (χ3v) is 7.84. The summed E-state index contributed by atoms with van der Waals surface area (Å²) in [5.74, 6) is 1.31. The first-order valence-corrected chi connectivity index (χ1v) is 12.5. The summed E-state index contributed by atoms with van der Waals surface area (Å²) in [5.41, 5.74) is 4.47. The summed E-state index contributed by atoms with van der Waals surface area (Å²) in [6.07, 6.45) is 1.50. The molecule has 2 aromatic carbocycles. The Bertz CT molecular complexity index is 1090. The minimum absolute atomic E-state index is 0.0130. The second kappa shape index (κ2) is 9.72. The van der Waals surface area contributed by atoms with Gasteiger partial charge in [0.25, 0.3) is 0 Å². The van der Waals surface area contributed by atoms with Crippen molar-refractivity contribution in [1.82, 2.24) is 10.6 Å². The largest absolute Gasteiger partial charge is 0.481 e. The molecular weight excluding hydrogens is 444 g/mol. The summed E-state index contributed by atoms with van der Waals surface area (Å²) in [6.45, 7) is 2.97. The lowest BCUT2D eigenvalue weighted by molar-refractivity contribution is -0.137. The fraction of sp³-hybridized carbons (Fsp3) is 0.464. The van der Waals surface area contributed by atoms with E-state index in [0.29, 0.717) is 18.4 Å². The summed E-state index contributed by atoms with van der Waals surface area (Å²) in [4.78, 5) is 36.6. The number of hydrogen-bond donors (Lipinski definition) is 3. The number of alkyl carbamates (subject to hydrolysis) is 1. The summed E-state index contributed by atoms with van der Waals surface area (Å²) < 4.78 is 5.56. The van der Waals surface area contributed by atoms with Crippen LogP contribution in [-0.2, 0) is 14.3 Å². The zero-order valence-electron chi connectivity index (χ0n) is 19.9. The molecular formula is C28H32N2O5. The highest BCUT2D eigenvalue weighted by atomic mass is 16.5. The fourth-order valence-corrected chi connectivity index (χ4v) is 5.65. The van der Waals surface area contributed by atoms with Crippen molar-refractivity contribution in [2.45, 2.75) is 44.6 Å². The highest BCUT2D eigenvalue weighted by Gasteiger charge is 2.51. The molecule has 35 heavy (non-hydrogen) atoms. The van der Waals surface area contributed by atoms with Crippen molar-refractivity contribution >= 4 is 18.0 Å². The van der Waals surface area contributed by atoms with Gasteiger partial charge in [-0.3, -0.25) is 9.59 Å². The van der Waals surface area contributed by atoms with E-state index < -0.39 is 18.1 Å². The highest BCUT2D eigenvalue weighted by Crippen LogP contribution is 2.57. The van der Waals surface area contributed by atoms with Gasteiger partial charge in [0, 0.05) is 18.9 Å². The fourth-order valence-electron chi connectivity index (χ4n) is 5.65. The molecule has 5 rings (SSSR count). The van der Waals surface area contributed by atoms with E-state index in [-0.39, 0.29) is 31.3 Å². The highest BCUT2D eigenvalue weighted by molar-refractivity contribution is 5.86. The summed E-state index contributed by atoms with van der Waals surface area (Å²) in [6, 6.07) is 15.2. The van der Waals surface area contributed by atoms with Crippen molar-refractivity contribution in [2.75, 3.05) is 13.2 Å². The van der Waals surface area contributed by atoms with Gasteiger partial charge in [-0.25, -0.2) is 4.79 Å². The third kappa shape index (κ3) is 5.19. The Morgan fingerprint density at radius 1 is 1.00 bits per heavy atom. The Morgan fingerprint density at radius 3 is 2.23 bits per heavy atom. The van der Waals surface area contributed by atoms with E-state index >= 15 is 0 Å². The van der Waals surface area contributed by atoms with Crippen LogP contribution in [-0.4, -0.2) is 42.3 Å². The topological polar surface area (TPSA) is 105 Å². The average molecular weight is 477 g/mol. The predicted molar refractivity (Wildman–Crippen MR) is 131 cm³/mol. The van der Waals surface area contributed by atoms with Crippen molar-refractivity contribution in [3.05, 3.63) is 59.7 Å². The number of benzene rings is 2. The Hall–Kier alpha value is -3.35. The molecule has 3 aliphatic rings. The van der Waals surface area contributed by atoms with Gasteiger partial charge in [0.1, 0.15) is 12.6 Å². The van der Waals surface area contributed by atoms with Gasteiger partial charge in [-0.15, -0.1) is 0 Å². The van der Waals surface area contributed by atoms with Crippen molar-refractivity contribution in [1.29, 1.82) is 0 Å². The number of nitrogens with one attached hydrogen (secondary N) is 2. The minimum Gasteiger partial charge on any atom is -0.481 e. The molecule has 184 valence electrons. The van der Waals surface area contributed by atoms with Crippen LogP contribution < -0.4 is 10.6 Å². The first-order chi connectivity index (χ1) is 16.9. The number of hydrogen-bond acceptors (Lipinski definition) is 4. The van der Waals surface area contributed by atoms with Crippen LogP contribution in [0.1, 0.15) is 49.7 Å². The van der Waals surface area contributed by atoms with Gasteiger partial charge in [0.05, 0.1) is 0 Å². The molecule has 5 unspecified atom stereocenters. The molecule has 0 aromatic heterocycles. The standard InChI is InChI=1S/C28H32N2O5/c1-16-12-22(16)23-13-17(23)14-29-27(33)25(10-11-26(31)32)30-28(34)35-15-24-20-8-4-2-6-18(20)19-7-3-5-9-21(19)24/h2-9,16-17,22-25H,10-15H2,1H3,(H,29,33)(H,30,34)(H,31,32). The second-order valence-electron chi connectivity index (χ2n) is 10.2. The third-order valence-electron chi connectivity index (χ3n) is 7.84. The predicted octanol–water partition coefficient (Wildman–Crippen LogP) is 4.17. The van der Waals surface area contributed by atoms with Crippen LogP contribution in [0.4, 0.5) is 4.79 Å². The molecule has 0 saturated heterocycles. The van der Waals surface area contributed by atoms with Gasteiger partial charge in [0.2, 0.25) is 5.91 Å². The summed E-state index contributed by atoms with van der Waals surface area (Å²) in [5, 5.41) is 14.6. The number of carboxylic acid groups (broad SMARTS) is 1. The zero-order chi connectivity index (χ0) is 24.5. The van der Waals surface area contributed by atoms with E-state index in [4.69, 9.17) is 9.84 Å². The maximum atomic E-state index is 12.8. The minimum atomic E-state index is -1.01. The molecule has 0 aliphatic heterocycles. The average Bonchev–Trinajstić information content (AvgIpc) is 3.75. The van der Waals surface area contributed by atoms with Crippen molar-refractivity contribution in [2.24, 2.45) is 23.7 Å². The molecule has 2 amide bonds. The van der Waals surface area contributed by atoms with E-state index in [2.05, 4.69) is 29.7 Å². The Kier molecular flexibility index (Phi) is 6.50. The number of carboxylic acids is 1. The van der Waals surface area contributed by atoms with Gasteiger partial charge in [0.15, 0.2) is 0 Å². The first-order valence-electron chi connectivity index (χ1n) is 12.5. The quantitative estimate of drug-likeness (QED) is 0.478. The number of aliphatic carboxylic acids is 1. The van der Waals surface area contributed by atoms with Crippen molar-refractivity contribution in [3.63, 3.8) is 0 Å². The number of fused-ring (bicyclic) bond motifs is 3. The molecule has 2 fully saturated rings.